The van der Waals surface area contributed by atoms with Crippen LogP contribution in [0.2, 0.25) is 0 Å². The number of nitrogens with zero attached hydrogens (tertiary/aromatic N) is 3. The fourth-order valence-corrected chi connectivity index (χ4v) is 4.85. The largest absolute Gasteiger partial charge is 0.491 e. The molecule has 10 nitrogen and oxygen atoms in total. The average molecular weight is 607 g/mol. The van der Waals surface area contributed by atoms with E-state index in [1.807, 2.05) is 43.4 Å². The molecule has 43 heavy (non-hydrogen) atoms. The molecule has 4 rings (SSSR count). The zero-order valence-corrected chi connectivity index (χ0v) is 24.6. The molecular weight excluding hydrogens is 569 g/mol. The quantitative estimate of drug-likeness (QED) is 0.227. The van der Waals surface area contributed by atoms with Crippen LogP contribution in [0, 0.1) is 5.41 Å². The Labute approximate surface area is 246 Å². The van der Waals surface area contributed by atoms with Crippen molar-refractivity contribution in [3.05, 3.63) is 53.1 Å². The van der Waals surface area contributed by atoms with Crippen LogP contribution in [0.4, 0.5) is 18.9 Å². The van der Waals surface area contributed by atoms with Gasteiger partial charge in [-0.05, 0) is 48.9 Å². The number of aromatic nitrogens is 2. The van der Waals surface area contributed by atoms with Crippen LogP contribution in [0.5, 0.6) is 5.75 Å². The highest BCUT2D eigenvalue weighted by Crippen LogP contribution is 2.41. The van der Waals surface area contributed by atoms with Gasteiger partial charge in [0, 0.05) is 37.7 Å². The van der Waals surface area contributed by atoms with Gasteiger partial charge in [0.1, 0.15) is 5.75 Å². The van der Waals surface area contributed by atoms with Gasteiger partial charge < -0.3 is 29.0 Å². The Morgan fingerprint density at radius 3 is 2.12 bits per heavy atom. The molecule has 3 aromatic rings. The van der Waals surface area contributed by atoms with Gasteiger partial charge in [-0.3, -0.25) is 15.0 Å². The van der Waals surface area contributed by atoms with Crippen molar-refractivity contribution < 1.29 is 42.5 Å². The Bertz CT molecular complexity index is 1550. The Kier molecular flexibility index (Phi) is 10.3. The second-order valence-electron chi connectivity index (χ2n) is 11.3. The molecule has 0 bridgehead atoms. The minimum Gasteiger partial charge on any atom is -0.491 e. The number of carbonyl (C=O) groups is 3. The Morgan fingerprint density at radius 1 is 1.00 bits per heavy atom. The van der Waals surface area contributed by atoms with Crippen LogP contribution in [-0.2, 0) is 28.6 Å². The summed E-state index contributed by atoms with van der Waals surface area (Å²) in [5.74, 6) is -2.92. The Balaban J connectivity index is 0.000000646. The van der Waals surface area contributed by atoms with Gasteiger partial charge in [-0.1, -0.05) is 32.9 Å². The number of fused-ring (bicyclic) bond motifs is 1. The summed E-state index contributed by atoms with van der Waals surface area (Å²) >= 11 is 0. The van der Waals surface area contributed by atoms with Gasteiger partial charge >= 0.3 is 18.1 Å². The number of anilines is 1. The number of ketones is 1. The fourth-order valence-electron chi connectivity index (χ4n) is 4.85. The van der Waals surface area contributed by atoms with Gasteiger partial charge in [0.25, 0.3) is 0 Å². The zero-order valence-electron chi connectivity index (χ0n) is 24.6. The molecule has 234 valence electrons. The number of aryl methyl sites for hydroxylation is 1. The lowest BCUT2D eigenvalue weighted by Gasteiger charge is -2.29. The summed E-state index contributed by atoms with van der Waals surface area (Å²) in [5, 5.41) is 24.7. The molecule has 0 atom stereocenters. The van der Waals surface area contributed by atoms with Gasteiger partial charge in [0.2, 0.25) is 5.62 Å². The Hall–Kier alpha value is -4.29. The Morgan fingerprint density at radius 2 is 1.58 bits per heavy atom. The number of rotatable bonds is 9. The summed E-state index contributed by atoms with van der Waals surface area (Å²) in [4.78, 5) is 35.8. The minimum absolute atomic E-state index is 0.0538. The average Bonchev–Trinajstić information content (AvgIpc) is 3.54. The predicted molar refractivity (Wildman–Crippen MR) is 154 cm³/mol. The number of Topliss-reactive ketones (excluding diaryl/α,β-unsaturated/α-hetero) is 1. The number of alkyl halides is 3. The molecule has 13 heteroatoms. The smallest absolute Gasteiger partial charge is 0.490 e. The molecule has 1 fully saturated rings. The van der Waals surface area contributed by atoms with E-state index in [0.29, 0.717) is 18.6 Å². The predicted octanol–water partition coefficient (Wildman–Crippen LogP) is 5.12. The van der Waals surface area contributed by atoms with Crippen molar-refractivity contribution in [1.82, 2.24) is 9.13 Å². The van der Waals surface area contributed by atoms with Gasteiger partial charge in [0.05, 0.1) is 29.9 Å². The summed E-state index contributed by atoms with van der Waals surface area (Å²) in [6, 6.07) is 11.6. The number of benzene rings is 2. The van der Waals surface area contributed by atoms with E-state index in [1.165, 1.54) is 0 Å². The maximum Gasteiger partial charge on any atom is 0.490 e. The van der Waals surface area contributed by atoms with E-state index in [-0.39, 0.29) is 29.8 Å². The highest BCUT2D eigenvalue weighted by atomic mass is 19.4. The zero-order chi connectivity index (χ0) is 32.1. The minimum atomic E-state index is -5.08. The maximum atomic E-state index is 13.7. The molecule has 1 saturated heterocycles. The van der Waals surface area contributed by atoms with E-state index in [4.69, 9.17) is 25.2 Å². The van der Waals surface area contributed by atoms with E-state index in [2.05, 4.69) is 25.7 Å². The van der Waals surface area contributed by atoms with Crippen molar-refractivity contribution >= 4 is 34.4 Å². The molecule has 0 unspecified atom stereocenters. The van der Waals surface area contributed by atoms with Crippen LogP contribution >= 0.6 is 0 Å². The van der Waals surface area contributed by atoms with Crippen molar-refractivity contribution in [3.8, 4) is 5.75 Å². The number of imidazole rings is 1. The number of para-hydroxylation sites is 2. The third-order valence-electron chi connectivity index (χ3n) is 7.08. The normalized spacial score (nSPS) is 13.5. The first kappa shape index (κ1) is 33.2. The van der Waals surface area contributed by atoms with Crippen LogP contribution < -0.4 is 15.3 Å². The second kappa shape index (κ2) is 13.3. The third kappa shape index (κ3) is 8.17. The number of hydrogen-bond acceptors (Lipinski definition) is 6. The van der Waals surface area contributed by atoms with E-state index in [1.54, 1.807) is 9.13 Å². The number of hydrogen-bond donors (Lipinski definition) is 3. The molecule has 0 amide bonds. The lowest BCUT2D eigenvalue weighted by Crippen LogP contribution is -2.27. The number of halogens is 3. The van der Waals surface area contributed by atoms with Crippen molar-refractivity contribution in [1.29, 1.82) is 5.41 Å². The molecule has 1 aliphatic rings. The van der Waals surface area contributed by atoms with E-state index < -0.39 is 18.1 Å². The first-order chi connectivity index (χ1) is 20.0. The molecule has 2 heterocycles. The van der Waals surface area contributed by atoms with E-state index in [0.717, 1.165) is 54.0 Å². The molecule has 2 aromatic carbocycles. The summed E-state index contributed by atoms with van der Waals surface area (Å²) in [6.45, 7) is 8.43. The lowest BCUT2D eigenvalue weighted by atomic mass is 9.84. The molecule has 1 aromatic heterocycles. The third-order valence-corrected chi connectivity index (χ3v) is 7.08. The number of carbonyl (C=O) groups excluding carboxylic acids is 1. The molecule has 0 radical (unpaired) electrons. The monoisotopic (exact) mass is 606 g/mol. The van der Waals surface area contributed by atoms with Crippen LogP contribution in [0.25, 0.3) is 11.0 Å². The second-order valence-corrected chi connectivity index (χ2v) is 11.3. The van der Waals surface area contributed by atoms with Gasteiger partial charge in [-0.2, -0.15) is 13.2 Å². The standard InChI is InChI=1S/C28H36N4O4.C2HF3O2/c1-28(2,3)20-16-19(24(33)18-32-22-11-6-5-10-21(22)30(4)27(32)29)17-23(31-13-7-8-14-31)26(20)36-15-9-12-25(34)35;3-2(4,5)1(6)7/h5-6,10-11,16-17,29H,7-9,12-15,18H2,1-4H3,(H,34,35);(H,6,7). The van der Waals surface area contributed by atoms with Crippen LogP contribution in [0.15, 0.2) is 36.4 Å². The van der Waals surface area contributed by atoms with Crippen LogP contribution in [-0.4, -0.2) is 62.9 Å². The van der Waals surface area contributed by atoms with Crippen molar-refractivity contribution in [3.63, 3.8) is 0 Å². The first-order valence-corrected chi connectivity index (χ1v) is 13.8. The highest BCUT2D eigenvalue weighted by Gasteiger charge is 2.38. The molecule has 0 saturated carbocycles. The van der Waals surface area contributed by atoms with Crippen molar-refractivity contribution in [2.75, 3.05) is 24.6 Å². The van der Waals surface area contributed by atoms with E-state index >= 15 is 0 Å². The molecule has 1 aliphatic heterocycles. The number of carboxylic acids is 2. The first-order valence-electron chi connectivity index (χ1n) is 13.8. The van der Waals surface area contributed by atoms with Gasteiger partial charge in [-0.25, -0.2) is 4.79 Å². The molecule has 0 spiro atoms. The molecule has 3 N–H and O–H groups in total. The maximum absolute atomic E-state index is 13.7. The fraction of sp³-hybridized carbons (Fsp3) is 0.467. The SMILES string of the molecule is Cn1c(=N)n(CC(=O)c2cc(N3CCCC3)c(OCCCC(=O)O)c(C(C)(C)C)c2)c2ccccc21.O=C(O)C(F)(F)F. The summed E-state index contributed by atoms with van der Waals surface area (Å²) < 4.78 is 41.5. The number of aliphatic carboxylic acids is 2. The van der Waals surface area contributed by atoms with Crippen molar-refractivity contribution in [2.45, 2.75) is 64.6 Å². The van der Waals surface area contributed by atoms with Crippen LogP contribution in [0.3, 0.4) is 0 Å². The molecular formula is C30H37F3N4O6. The van der Waals surface area contributed by atoms with Gasteiger partial charge in [0.15, 0.2) is 5.78 Å². The summed E-state index contributed by atoms with van der Waals surface area (Å²) in [6.07, 6.45) is -2.45. The molecule has 0 aliphatic carbocycles. The number of carboxylic acid groups (broad SMARTS) is 2. The van der Waals surface area contributed by atoms with Crippen molar-refractivity contribution in [2.24, 2.45) is 7.05 Å². The number of nitrogens with one attached hydrogen (secondary N) is 1. The van der Waals surface area contributed by atoms with Crippen LogP contribution in [0.1, 0.15) is 62.4 Å². The van der Waals surface area contributed by atoms with E-state index in [9.17, 15) is 22.8 Å². The number of ether oxygens (including phenoxy) is 1. The van der Waals surface area contributed by atoms with Gasteiger partial charge in [-0.15, -0.1) is 0 Å². The summed E-state index contributed by atoms with van der Waals surface area (Å²) in [7, 11) is 1.84. The lowest BCUT2D eigenvalue weighted by molar-refractivity contribution is -0.192. The summed E-state index contributed by atoms with van der Waals surface area (Å²) in [5.41, 5.74) is 4.17. The highest BCUT2D eigenvalue weighted by molar-refractivity contribution is 5.98. The topological polar surface area (TPSA) is 138 Å².